The molecule has 27 heavy (non-hydrogen) atoms. The first-order valence-corrected chi connectivity index (χ1v) is 9.72. The highest BCUT2D eigenvalue weighted by atomic mass is 35.5. The van der Waals surface area contributed by atoms with Crippen LogP contribution in [-0.2, 0) is 11.2 Å². The van der Waals surface area contributed by atoms with Gasteiger partial charge in [-0.05, 0) is 23.9 Å². The van der Waals surface area contributed by atoms with E-state index in [4.69, 9.17) is 16.1 Å². The van der Waals surface area contributed by atoms with E-state index in [1.807, 2.05) is 42.5 Å². The van der Waals surface area contributed by atoms with Crippen molar-refractivity contribution in [2.24, 2.45) is 4.74 Å². The van der Waals surface area contributed by atoms with Crippen molar-refractivity contribution in [2.45, 2.75) is 18.9 Å². The highest BCUT2D eigenvalue weighted by Crippen LogP contribution is 2.39. The van der Waals surface area contributed by atoms with E-state index in [1.54, 1.807) is 24.3 Å². The van der Waals surface area contributed by atoms with Gasteiger partial charge in [-0.2, -0.15) is 0 Å². The number of rotatable bonds is 6. The molecule has 1 unspecified atom stereocenters. The molecule has 5 nitrogen and oxygen atoms in total. The van der Waals surface area contributed by atoms with Gasteiger partial charge in [0.25, 0.3) is 0 Å². The Morgan fingerprint density at radius 2 is 1.81 bits per heavy atom. The number of halogens is 1. The zero-order valence-electron chi connectivity index (χ0n) is 14.5. The van der Waals surface area contributed by atoms with Gasteiger partial charge in [0.05, 0.1) is 5.02 Å². The van der Waals surface area contributed by atoms with Crippen LogP contribution in [0.15, 0.2) is 71.5 Å². The molecule has 0 aromatic heterocycles. The summed E-state index contributed by atoms with van der Waals surface area (Å²) in [5.74, 6) is -0.950. The van der Waals surface area contributed by atoms with Gasteiger partial charge in [0.2, 0.25) is 11.3 Å². The van der Waals surface area contributed by atoms with E-state index >= 15 is 0 Å². The summed E-state index contributed by atoms with van der Waals surface area (Å²) in [5, 5.41) is 11.5. The first-order chi connectivity index (χ1) is 12.9. The molecule has 0 saturated heterocycles. The second kappa shape index (κ2) is 8.05. The summed E-state index contributed by atoms with van der Waals surface area (Å²) >= 11 is 6.20. The van der Waals surface area contributed by atoms with Gasteiger partial charge in [-0.15, -0.1) is 0 Å². The van der Waals surface area contributed by atoms with E-state index < -0.39 is 19.7 Å². The van der Waals surface area contributed by atoms with Gasteiger partial charge in [0, 0.05) is 11.8 Å². The van der Waals surface area contributed by atoms with Crippen LogP contribution >= 0.6 is 19.8 Å². The number of carbonyl (C=O) groups is 1. The lowest BCUT2D eigenvalue weighted by atomic mass is 9.94. The van der Waals surface area contributed by atoms with Crippen molar-refractivity contribution in [3.63, 3.8) is 0 Å². The summed E-state index contributed by atoms with van der Waals surface area (Å²) in [5.41, 5.74) is -0.816. The smallest absolute Gasteiger partial charge is 0.395 e. The van der Waals surface area contributed by atoms with Gasteiger partial charge in [-0.25, -0.2) is 4.79 Å². The van der Waals surface area contributed by atoms with Crippen LogP contribution in [0, 0.1) is 0 Å². The molecule has 2 atom stereocenters. The maximum Gasteiger partial charge on any atom is 0.395 e. The fraction of sp³-hybridized carbons (Fsp3) is 0.150. The van der Waals surface area contributed by atoms with Crippen LogP contribution in [0.4, 0.5) is 0 Å². The third-order valence-electron chi connectivity index (χ3n) is 4.16. The molecule has 0 bridgehead atoms. The Balaban J connectivity index is 1.94. The molecular weight excluding hydrogens is 385 g/mol. The molecule has 138 valence electrons. The number of nitrogens with zero attached hydrogens (tertiary/aromatic N) is 1. The summed E-state index contributed by atoms with van der Waals surface area (Å²) in [7, 11) is -2.65. The molecule has 0 heterocycles. The normalized spacial score (nSPS) is 14.0. The lowest BCUT2D eigenvalue weighted by Gasteiger charge is -2.17. The molecule has 7 heteroatoms. The van der Waals surface area contributed by atoms with Crippen molar-refractivity contribution in [1.82, 2.24) is 0 Å². The Bertz CT molecular complexity index is 1010. The van der Waals surface area contributed by atoms with Crippen LogP contribution in [0.1, 0.15) is 12.5 Å². The maximum atomic E-state index is 12.6. The first-order valence-electron chi connectivity index (χ1n) is 8.22. The Hall–Kier alpha value is -2.46. The zero-order valence-corrected chi connectivity index (χ0v) is 16.2. The van der Waals surface area contributed by atoms with Gasteiger partial charge in [-0.1, -0.05) is 77.0 Å². The highest BCUT2D eigenvalue weighted by Gasteiger charge is 2.37. The minimum Gasteiger partial charge on any atom is -0.575 e. The standard InChI is InChI=1S/C20H17ClNO4P/c1-20(19(23)24,13-14-7-3-2-4-8-14)22-27(25)26-18-16-10-6-5-9-15(16)11-12-17(18)21/h2-12H,13H2,1H3,(H,23,24)/t20-/m0/s1. The Morgan fingerprint density at radius 1 is 1.15 bits per heavy atom. The predicted octanol–water partition coefficient (Wildman–Crippen LogP) is 4.81. The molecule has 0 radical (unpaired) electrons. The van der Waals surface area contributed by atoms with Gasteiger partial charge >= 0.3 is 14.1 Å². The fourth-order valence-corrected chi connectivity index (χ4v) is 3.90. The molecule has 3 rings (SSSR count). The summed E-state index contributed by atoms with van der Waals surface area (Å²) in [6.45, 7) is 1.42. The van der Waals surface area contributed by atoms with Crippen molar-refractivity contribution in [3.8, 4) is 5.75 Å². The largest absolute Gasteiger partial charge is 0.575 e. The van der Waals surface area contributed by atoms with Crippen molar-refractivity contribution >= 4 is 36.5 Å². The topological polar surface area (TPSA) is 82.0 Å². The van der Waals surface area contributed by atoms with Gasteiger partial charge in [0.1, 0.15) is 0 Å². The van der Waals surface area contributed by atoms with E-state index in [9.17, 15) is 14.8 Å². The van der Waals surface area contributed by atoms with Crippen molar-refractivity contribution in [2.75, 3.05) is 0 Å². The highest BCUT2D eigenvalue weighted by molar-refractivity contribution is 7.34. The molecule has 0 amide bonds. The molecule has 0 spiro atoms. The number of benzene rings is 3. The molecule has 0 aliphatic heterocycles. The molecule has 0 aliphatic carbocycles. The minimum absolute atomic E-state index is 0.0941. The fourth-order valence-electron chi connectivity index (χ4n) is 2.73. The number of carboxylic acids is 1. The Morgan fingerprint density at radius 3 is 2.52 bits per heavy atom. The SMILES string of the molecule is C[C@@](Cc1ccccc1)(N=[P+]([O-])Oc1c(Cl)ccc2ccccc12)C(=O)O. The number of aliphatic carboxylic acids is 1. The van der Waals surface area contributed by atoms with Gasteiger partial charge < -0.3 is 10.00 Å². The number of hydrogen-bond acceptors (Lipinski definition) is 4. The second-order valence-corrected chi connectivity index (χ2v) is 7.53. The number of fused-ring (bicyclic) bond motifs is 1. The zero-order chi connectivity index (χ0) is 19.4. The number of hydrogen-bond donors (Lipinski definition) is 1. The van der Waals surface area contributed by atoms with Gasteiger partial charge in [-0.3, -0.25) is 4.52 Å². The average Bonchev–Trinajstić information content (AvgIpc) is 2.64. The summed E-state index contributed by atoms with van der Waals surface area (Å²) in [4.78, 5) is 24.3. The average molecular weight is 402 g/mol. The van der Waals surface area contributed by atoms with E-state index in [1.165, 1.54) is 6.92 Å². The quantitative estimate of drug-likeness (QED) is 0.601. The Kier molecular flexibility index (Phi) is 5.76. The van der Waals surface area contributed by atoms with E-state index in [2.05, 4.69) is 4.74 Å². The second-order valence-electron chi connectivity index (χ2n) is 6.27. The molecule has 0 fully saturated rings. The van der Waals surface area contributed by atoms with E-state index in [-0.39, 0.29) is 17.2 Å². The third kappa shape index (κ3) is 4.45. The molecule has 3 aromatic rings. The van der Waals surface area contributed by atoms with E-state index in [0.29, 0.717) is 5.39 Å². The molecule has 0 aliphatic rings. The summed E-state index contributed by atoms with van der Waals surface area (Å²) < 4.78 is 9.46. The molecular formula is C20H17ClNO4P. The summed E-state index contributed by atoms with van der Waals surface area (Å²) in [6, 6.07) is 19.9. The van der Waals surface area contributed by atoms with Gasteiger partial charge in [0.15, 0.2) is 0 Å². The van der Waals surface area contributed by atoms with Crippen LogP contribution in [0.3, 0.4) is 0 Å². The molecule has 0 saturated carbocycles. The van der Waals surface area contributed by atoms with Crippen molar-refractivity contribution < 1.29 is 19.3 Å². The van der Waals surface area contributed by atoms with Crippen LogP contribution in [0.5, 0.6) is 5.75 Å². The monoisotopic (exact) mass is 401 g/mol. The van der Waals surface area contributed by atoms with Crippen LogP contribution in [0.2, 0.25) is 5.02 Å². The minimum atomic E-state index is -2.65. The molecule has 3 aromatic carbocycles. The predicted molar refractivity (Wildman–Crippen MR) is 105 cm³/mol. The summed E-state index contributed by atoms with van der Waals surface area (Å²) in [6.07, 6.45) is 0.0941. The number of carboxylic acid groups (broad SMARTS) is 1. The van der Waals surface area contributed by atoms with E-state index in [0.717, 1.165) is 10.9 Å². The van der Waals surface area contributed by atoms with Crippen molar-refractivity contribution in [3.05, 3.63) is 77.3 Å². The van der Waals surface area contributed by atoms with Crippen LogP contribution < -0.4 is 9.42 Å². The first kappa shape index (κ1) is 19.3. The third-order valence-corrected chi connectivity index (χ3v) is 5.40. The maximum absolute atomic E-state index is 12.6. The lowest BCUT2D eigenvalue weighted by molar-refractivity contribution is -0.170. The molecule has 1 N–H and O–H groups in total. The van der Waals surface area contributed by atoms with Crippen LogP contribution in [0.25, 0.3) is 10.8 Å². The Labute approximate surface area is 162 Å². The lowest BCUT2D eigenvalue weighted by Crippen LogP contribution is -2.35. The van der Waals surface area contributed by atoms with Crippen LogP contribution in [-0.4, -0.2) is 16.6 Å². The van der Waals surface area contributed by atoms with Crippen molar-refractivity contribution in [1.29, 1.82) is 0 Å².